The molecule has 4 saturated carbocycles. The van der Waals surface area contributed by atoms with Crippen molar-refractivity contribution in [2.24, 2.45) is 47.3 Å². The van der Waals surface area contributed by atoms with Crippen molar-refractivity contribution >= 4 is 35.4 Å². The number of aliphatic hydroxyl groups is 1. The Morgan fingerprint density at radius 2 is 0.935 bits per heavy atom. The number of ether oxygens (including phenoxy) is 6. The van der Waals surface area contributed by atoms with Crippen LogP contribution in [0.3, 0.4) is 0 Å². The zero-order valence-electron chi connectivity index (χ0n) is 50.8. The normalized spacial score (nSPS) is 24.0. The molecule has 0 heterocycles. The lowest BCUT2D eigenvalue weighted by Crippen LogP contribution is -2.40. The second-order valence-corrected chi connectivity index (χ2v) is 23.0. The summed E-state index contributed by atoms with van der Waals surface area (Å²) in [7, 11) is 4.86. The van der Waals surface area contributed by atoms with Gasteiger partial charge in [-0.25, -0.2) is 0 Å². The standard InChI is InChI=1S/C17H30O3.C17H28O3.C15H28O4.C15H26O3/c2*1-4-5-6-7-15-14(8-9-16(15)18)12-17(19)20-11-10-13(2)3;1-5-6-7-8-13-12(11-14(16)17-2)9-10-15(13,18-3)19-4;1-3-5-6-7-13-12(8-9-14(13)16)11-15(17)18-10-4-2/h10,14-16,18H,4-9,11-12H2,1-3H3;10,14-15H,4-9,11-12H2,1-3H3;12-13H,5-11H2,1-4H3;12-13H,3-11H2,1-2H3. The SMILES string of the molecule is CCCCCC1C(=O)CCC1CC(=O)OCC=C(C)C.CCCCCC1C(=O)CCC1CC(=O)OCCC.CCCCCC1C(CC(=O)OC)CCC1(OC)OC.CCCCCC1C(O)CCC1CC(=O)OCC=C(C)C. The number of methoxy groups -OCH3 is 3. The van der Waals surface area contributed by atoms with Crippen LogP contribution in [0.1, 0.15) is 249 Å². The number of carbonyl (C=O) groups is 6. The highest BCUT2D eigenvalue weighted by Gasteiger charge is 2.49. The molecule has 0 saturated heterocycles. The third-order valence-electron chi connectivity index (χ3n) is 16.5. The number of unbranched alkanes of at least 4 members (excludes halogenated alkanes) is 8. The Morgan fingerprint density at radius 3 is 1.36 bits per heavy atom. The Balaban J connectivity index is 0.000000514. The molecule has 0 aliphatic heterocycles. The smallest absolute Gasteiger partial charge is 0.306 e. The van der Waals surface area contributed by atoms with Crippen molar-refractivity contribution in [3.05, 3.63) is 23.3 Å². The third kappa shape index (κ3) is 29.0. The van der Waals surface area contributed by atoms with Crippen LogP contribution in [0.25, 0.3) is 0 Å². The van der Waals surface area contributed by atoms with Gasteiger partial charge < -0.3 is 33.5 Å². The number of carbonyl (C=O) groups excluding carboxylic acids is 6. The van der Waals surface area contributed by atoms with Crippen molar-refractivity contribution in [1.82, 2.24) is 0 Å². The molecule has 77 heavy (non-hydrogen) atoms. The number of Topliss-reactive ketones (excluding diaryl/α,β-unsaturated/α-hetero) is 2. The van der Waals surface area contributed by atoms with E-state index < -0.39 is 5.79 Å². The van der Waals surface area contributed by atoms with Crippen LogP contribution in [-0.4, -0.2) is 93.6 Å². The average Bonchev–Trinajstić information content (AvgIpc) is 4.15. The molecule has 13 heteroatoms. The largest absolute Gasteiger partial charge is 0.469 e. The summed E-state index contributed by atoms with van der Waals surface area (Å²) in [6.45, 7) is 19.9. The number of rotatable bonds is 32. The summed E-state index contributed by atoms with van der Waals surface area (Å²) < 4.78 is 31.7. The molecular weight excluding hydrogens is 977 g/mol. The Bertz CT molecular complexity index is 1710. The van der Waals surface area contributed by atoms with Gasteiger partial charge in [-0.15, -0.1) is 0 Å². The Hall–Kier alpha value is -3.42. The first-order chi connectivity index (χ1) is 36.9. The minimum atomic E-state index is -0.508. The summed E-state index contributed by atoms with van der Waals surface area (Å²) in [4.78, 5) is 70.5. The highest BCUT2D eigenvalue weighted by atomic mass is 16.7. The summed E-state index contributed by atoms with van der Waals surface area (Å²) in [6.07, 6.45) is 30.9. The van der Waals surface area contributed by atoms with Crippen molar-refractivity contribution in [2.45, 2.75) is 260 Å². The number of aliphatic hydroxyl groups excluding tert-OH is 1. The summed E-state index contributed by atoms with van der Waals surface area (Å²) in [5.74, 6) is 1.50. The van der Waals surface area contributed by atoms with Crippen molar-refractivity contribution in [3.8, 4) is 0 Å². The lowest BCUT2D eigenvalue weighted by Gasteiger charge is -2.35. The molecule has 0 amide bonds. The van der Waals surface area contributed by atoms with Gasteiger partial charge in [-0.3, -0.25) is 28.8 Å². The highest BCUT2D eigenvalue weighted by Crippen LogP contribution is 2.47. The van der Waals surface area contributed by atoms with E-state index in [1.807, 2.05) is 46.8 Å². The lowest BCUT2D eigenvalue weighted by molar-refractivity contribution is -0.233. The molecule has 0 aromatic heterocycles. The zero-order chi connectivity index (χ0) is 57.6. The highest BCUT2D eigenvalue weighted by molar-refractivity contribution is 5.85. The molecular formula is C64H112O13. The van der Waals surface area contributed by atoms with Crippen LogP contribution in [-0.2, 0) is 57.2 Å². The lowest BCUT2D eigenvalue weighted by atomic mass is 9.85. The maximum Gasteiger partial charge on any atom is 0.306 e. The molecule has 0 aromatic rings. The molecule has 13 nitrogen and oxygen atoms in total. The van der Waals surface area contributed by atoms with E-state index in [1.165, 1.54) is 52.1 Å². The first-order valence-electron chi connectivity index (χ1n) is 30.5. The molecule has 4 aliphatic carbocycles. The van der Waals surface area contributed by atoms with E-state index >= 15 is 0 Å². The number of allylic oxidation sites excluding steroid dienone is 2. The molecule has 0 spiro atoms. The number of esters is 4. The Labute approximate surface area is 468 Å². The van der Waals surface area contributed by atoms with Crippen molar-refractivity contribution < 1.29 is 62.3 Å². The molecule has 1 N–H and O–H groups in total. The second kappa shape index (κ2) is 42.5. The monoisotopic (exact) mass is 1090 g/mol. The fraction of sp³-hybridized carbons (Fsp3) is 0.844. The van der Waals surface area contributed by atoms with Crippen molar-refractivity contribution in [1.29, 1.82) is 0 Å². The van der Waals surface area contributed by atoms with E-state index in [9.17, 15) is 33.9 Å². The van der Waals surface area contributed by atoms with E-state index in [0.717, 1.165) is 114 Å². The van der Waals surface area contributed by atoms with Crippen LogP contribution in [0.5, 0.6) is 0 Å². The summed E-state index contributed by atoms with van der Waals surface area (Å²) in [5.41, 5.74) is 2.30. The summed E-state index contributed by atoms with van der Waals surface area (Å²) >= 11 is 0. The fourth-order valence-corrected chi connectivity index (χ4v) is 11.9. The molecule has 4 fully saturated rings. The second-order valence-electron chi connectivity index (χ2n) is 23.0. The van der Waals surface area contributed by atoms with Gasteiger partial charge in [-0.2, -0.15) is 0 Å². The first-order valence-corrected chi connectivity index (χ1v) is 30.5. The predicted octanol–water partition coefficient (Wildman–Crippen LogP) is 14.6. The quantitative estimate of drug-likeness (QED) is 0.0221. The van der Waals surface area contributed by atoms with E-state index in [-0.39, 0.29) is 65.5 Å². The minimum Gasteiger partial charge on any atom is -0.469 e. The van der Waals surface area contributed by atoms with Gasteiger partial charge in [0.2, 0.25) is 0 Å². The van der Waals surface area contributed by atoms with E-state index in [0.29, 0.717) is 81.7 Å². The molecule has 0 bridgehead atoms. The van der Waals surface area contributed by atoms with Crippen LogP contribution in [0.2, 0.25) is 0 Å². The number of hydrogen-bond acceptors (Lipinski definition) is 13. The molecule has 9 unspecified atom stereocenters. The number of hydrogen-bond donors (Lipinski definition) is 1. The molecule has 0 aromatic carbocycles. The topological polar surface area (TPSA) is 178 Å². The van der Waals surface area contributed by atoms with E-state index in [4.69, 9.17) is 28.4 Å². The van der Waals surface area contributed by atoms with Gasteiger partial charge in [-0.05, 0) is 134 Å². The summed E-state index contributed by atoms with van der Waals surface area (Å²) in [5, 5.41) is 10.1. The maximum atomic E-state index is 11.9. The minimum absolute atomic E-state index is 0.0950. The van der Waals surface area contributed by atoms with Gasteiger partial charge >= 0.3 is 23.9 Å². The molecule has 9 atom stereocenters. The zero-order valence-corrected chi connectivity index (χ0v) is 50.8. The summed E-state index contributed by atoms with van der Waals surface area (Å²) in [6, 6.07) is 0. The van der Waals surface area contributed by atoms with Gasteiger partial charge in [0.15, 0.2) is 5.79 Å². The molecule has 4 aliphatic rings. The third-order valence-corrected chi connectivity index (χ3v) is 16.5. The maximum absolute atomic E-state index is 11.9. The average molecular weight is 1090 g/mol. The predicted molar refractivity (Wildman–Crippen MR) is 307 cm³/mol. The van der Waals surface area contributed by atoms with Crippen LogP contribution in [0, 0.1) is 47.3 Å². The van der Waals surface area contributed by atoms with Crippen LogP contribution in [0.15, 0.2) is 23.3 Å². The molecule has 0 radical (unpaired) electrons. The van der Waals surface area contributed by atoms with E-state index in [2.05, 4.69) is 27.7 Å². The van der Waals surface area contributed by atoms with Gasteiger partial charge in [0.05, 0.1) is 19.8 Å². The van der Waals surface area contributed by atoms with Crippen molar-refractivity contribution in [3.63, 3.8) is 0 Å². The van der Waals surface area contributed by atoms with Crippen LogP contribution in [0.4, 0.5) is 0 Å². The van der Waals surface area contributed by atoms with Gasteiger partial charge in [0.25, 0.3) is 0 Å². The molecule has 446 valence electrons. The van der Waals surface area contributed by atoms with Crippen LogP contribution < -0.4 is 0 Å². The van der Waals surface area contributed by atoms with Gasteiger partial charge in [-0.1, -0.05) is 123 Å². The number of ketones is 2. The van der Waals surface area contributed by atoms with E-state index in [1.54, 1.807) is 14.2 Å². The van der Waals surface area contributed by atoms with Crippen molar-refractivity contribution in [2.75, 3.05) is 41.2 Å². The van der Waals surface area contributed by atoms with Crippen LogP contribution >= 0.6 is 0 Å². The Kier molecular flexibility index (Phi) is 39.5. The Morgan fingerprint density at radius 1 is 0.506 bits per heavy atom. The van der Waals surface area contributed by atoms with Gasteiger partial charge in [0.1, 0.15) is 24.8 Å². The molecule has 4 rings (SSSR count). The first kappa shape index (κ1) is 71.6. The van der Waals surface area contributed by atoms with Gasteiger partial charge in [0, 0.05) is 76.9 Å². The fourth-order valence-electron chi connectivity index (χ4n) is 11.9.